The molecule has 112 valence electrons. The van der Waals surface area contributed by atoms with Crippen molar-refractivity contribution in [1.29, 1.82) is 0 Å². The van der Waals surface area contributed by atoms with Gasteiger partial charge in [0.25, 0.3) is 0 Å². The molecular formula is C17H17N3OS. The zero-order valence-electron chi connectivity index (χ0n) is 12.3. The average Bonchev–Trinajstić information content (AvgIpc) is 2.97. The molecule has 5 heteroatoms. The summed E-state index contributed by atoms with van der Waals surface area (Å²) >= 11 is 1.43. The van der Waals surface area contributed by atoms with Crippen molar-refractivity contribution in [3.63, 3.8) is 0 Å². The van der Waals surface area contributed by atoms with E-state index in [1.165, 1.54) is 17.3 Å². The zero-order chi connectivity index (χ0) is 15.4. The zero-order valence-corrected chi connectivity index (χ0v) is 13.1. The molecule has 1 N–H and O–H groups in total. The predicted octanol–water partition coefficient (Wildman–Crippen LogP) is 3.63. The minimum Gasteiger partial charge on any atom is -0.325 e. The molecule has 0 unspecified atom stereocenters. The predicted molar refractivity (Wildman–Crippen MR) is 90.4 cm³/mol. The molecule has 0 fully saturated rings. The molecule has 0 saturated carbocycles. The number of aromatic nitrogens is 2. The van der Waals surface area contributed by atoms with Crippen molar-refractivity contribution in [1.82, 2.24) is 9.38 Å². The highest BCUT2D eigenvalue weighted by molar-refractivity contribution is 7.99. The number of nitrogens with zero attached hydrogens (tertiary/aromatic N) is 2. The van der Waals surface area contributed by atoms with Crippen molar-refractivity contribution in [2.45, 2.75) is 18.5 Å². The third-order valence-electron chi connectivity index (χ3n) is 3.38. The number of hydrogen-bond acceptors (Lipinski definition) is 3. The Bertz CT molecular complexity index is 780. The van der Waals surface area contributed by atoms with Crippen LogP contribution in [0, 0.1) is 0 Å². The number of thioether (sulfide) groups is 1. The van der Waals surface area contributed by atoms with Crippen molar-refractivity contribution < 1.29 is 4.79 Å². The summed E-state index contributed by atoms with van der Waals surface area (Å²) in [6.07, 6.45) is 4.76. The first-order chi connectivity index (χ1) is 10.8. The van der Waals surface area contributed by atoms with E-state index in [0.29, 0.717) is 5.75 Å². The van der Waals surface area contributed by atoms with Gasteiger partial charge < -0.3 is 5.32 Å². The molecule has 0 spiro atoms. The quantitative estimate of drug-likeness (QED) is 0.732. The van der Waals surface area contributed by atoms with E-state index < -0.39 is 0 Å². The van der Waals surface area contributed by atoms with Gasteiger partial charge in [0.2, 0.25) is 5.91 Å². The van der Waals surface area contributed by atoms with Crippen LogP contribution >= 0.6 is 11.8 Å². The number of aryl methyl sites for hydroxylation is 1. The Morgan fingerprint density at radius 2 is 2.05 bits per heavy atom. The highest BCUT2D eigenvalue weighted by atomic mass is 32.2. The van der Waals surface area contributed by atoms with Gasteiger partial charge in [0.15, 0.2) is 5.16 Å². The molecule has 1 aromatic carbocycles. The molecule has 0 aliphatic rings. The summed E-state index contributed by atoms with van der Waals surface area (Å²) in [5, 5.41) is 3.73. The molecule has 0 aliphatic heterocycles. The summed E-state index contributed by atoms with van der Waals surface area (Å²) in [6.45, 7) is 2.11. The maximum atomic E-state index is 12.0. The Morgan fingerprint density at radius 1 is 1.23 bits per heavy atom. The molecule has 22 heavy (non-hydrogen) atoms. The lowest BCUT2D eigenvalue weighted by Gasteiger charge is -2.05. The van der Waals surface area contributed by atoms with Crippen LogP contribution in [0.15, 0.2) is 60.0 Å². The van der Waals surface area contributed by atoms with E-state index in [0.717, 1.165) is 22.8 Å². The lowest BCUT2D eigenvalue weighted by molar-refractivity contribution is -0.113. The van der Waals surface area contributed by atoms with Crippen molar-refractivity contribution in [2.24, 2.45) is 0 Å². The van der Waals surface area contributed by atoms with Crippen LogP contribution in [-0.2, 0) is 11.2 Å². The molecule has 1 amide bonds. The topological polar surface area (TPSA) is 46.4 Å². The van der Waals surface area contributed by atoms with Crippen LogP contribution in [0.5, 0.6) is 0 Å². The largest absolute Gasteiger partial charge is 0.325 e. The number of benzene rings is 1. The van der Waals surface area contributed by atoms with E-state index in [4.69, 9.17) is 0 Å². The lowest BCUT2D eigenvalue weighted by atomic mass is 10.1. The van der Waals surface area contributed by atoms with Gasteiger partial charge in [0.05, 0.1) is 17.5 Å². The summed E-state index contributed by atoms with van der Waals surface area (Å²) in [7, 11) is 0. The highest BCUT2D eigenvalue weighted by Crippen LogP contribution is 2.18. The number of nitrogens with one attached hydrogen (secondary N) is 1. The molecule has 0 radical (unpaired) electrons. The van der Waals surface area contributed by atoms with Gasteiger partial charge in [-0.3, -0.25) is 9.20 Å². The summed E-state index contributed by atoms with van der Waals surface area (Å²) in [6, 6.07) is 13.9. The van der Waals surface area contributed by atoms with Gasteiger partial charge in [-0.25, -0.2) is 4.98 Å². The molecule has 0 aliphatic carbocycles. The fourth-order valence-electron chi connectivity index (χ4n) is 2.18. The molecule has 2 aromatic heterocycles. The van der Waals surface area contributed by atoms with Crippen molar-refractivity contribution in [3.8, 4) is 0 Å². The van der Waals surface area contributed by atoms with Gasteiger partial charge in [0.1, 0.15) is 0 Å². The normalized spacial score (nSPS) is 10.8. The van der Waals surface area contributed by atoms with Crippen molar-refractivity contribution in [3.05, 3.63) is 60.4 Å². The van der Waals surface area contributed by atoms with Crippen LogP contribution in [0.25, 0.3) is 5.52 Å². The number of anilines is 1. The standard InChI is InChI=1S/C17H17N3OS/c1-2-13-6-8-14(9-7-13)19-16(21)12-22-17-18-11-15-5-3-4-10-20(15)17/h3-11H,2,12H2,1H3,(H,19,21). The second kappa shape index (κ2) is 6.66. The van der Waals surface area contributed by atoms with Gasteiger partial charge in [-0.15, -0.1) is 0 Å². The van der Waals surface area contributed by atoms with Gasteiger partial charge in [-0.05, 0) is 36.2 Å². The van der Waals surface area contributed by atoms with Crippen LogP contribution in [-0.4, -0.2) is 21.0 Å². The highest BCUT2D eigenvalue weighted by Gasteiger charge is 2.08. The van der Waals surface area contributed by atoms with Gasteiger partial charge >= 0.3 is 0 Å². The van der Waals surface area contributed by atoms with Gasteiger partial charge in [0, 0.05) is 11.9 Å². The number of carbonyl (C=O) groups is 1. The molecule has 0 atom stereocenters. The Hall–Kier alpha value is -2.27. The lowest BCUT2D eigenvalue weighted by Crippen LogP contribution is -2.14. The third kappa shape index (κ3) is 3.31. The summed E-state index contributed by atoms with van der Waals surface area (Å²) in [5.41, 5.74) is 3.12. The minimum atomic E-state index is -0.0260. The van der Waals surface area contributed by atoms with E-state index in [1.54, 1.807) is 0 Å². The number of imidazole rings is 1. The molecule has 3 rings (SSSR count). The Morgan fingerprint density at radius 3 is 2.82 bits per heavy atom. The summed E-state index contributed by atoms with van der Waals surface area (Å²) in [5.74, 6) is 0.311. The fourth-order valence-corrected chi connectivity index (χ4v) is 2.94. The number of rotatable bonds is 5. The Balaban J connectivity index is 1.60. The van der Waals surface area contributed by atoms with Crippen molar-refractivity contribution >= 4 is 28.9 Å². The average molecular weight is 311 g/mol. The van der Waals surface area contributed by atoms with Crippen LogP contribution in [0.2, 0.25) is 0 Å². The summed E-state index contributed by atoms with van der Waals surface area (Å²) < 4.78 is 1.98. The molecule has 4 nitrogen and oxygen atoms in total. The van der Waals surface area contributed by atoms with Crippen LogP contribution in [0.3, 0.4) is 0 Å². The second-order valence-corrected chi connectivity index (χ2v) is 5.87. The smallest absolute Gasteiger partial charge is 0.234 e. The summed E-state index contributed by atoms with van der Waals surface area (Å²) in [4.78, 5) is 16.4. The molecule has 3 aromatic rings. The van der Waals surface area contributed by atoms with E-state index >= 15 is 0 Å². The molecular weight excluding hydrogens is 294 g/mol. The van der Waals surface area contributed by atoms with E-state index in [1.807, 2.05) is 59.3 Å². The fraction of sp³-hybridized carbons (Fsp3) is 0.176. The first-order valence-electron chi connectivity index (χ1n) is 7.20. The number of carbonyl (C=O) groups excluding carboxylic acids is 1. The van der Waals surface area contributed by atoms with Crippen LogP contribution in [0.1, 0.15) is 12.5 Å². The van der Waals surface area contributed by atoms with E-state index in [2.05, 4.69) is 17.2 Å². The number of hydrogen-bond donors (Lipinski definition) is 1. The Kier molecular flexibility index (Phi) is 4.44. The molecule has 0 bridgehead atoms. The number of amides is 1. The monoisotopic (exact) mass is 311 g/mol. The minimum absolute atomic E-state index is 0.0260. The number of fused-ring (bicyclic) bond motifs is 1. The first-order valence-corrected chi connectivity index (χ1v) is 8.18. The van der Waals surface area contributed by atoms with Crippen LogP contribution in [0.4, 0.5) is 5.69 Å². The Labute approximate surface area is 133 Å². The van der Waals surface area contributed by atoms with Gasteiger partial charge in [-0.2, -0.15) is 0 Å². The second-order valence-electron chi connectivity index (χ2n) is 4.92. The van der Waals surface area contributed by atoms with Gasteiger partial charge in [-0.1, -0.05) is 36.9 Å². The first kappa shape index (κ1) is 14.7. The molecule has 0 saturated heterocycles. The van der Waals surface area contributed by atoms with Crippen molar-refractivity contribution in [2.75, 3.05) is 11.1 Å². The van der Waals surface area contributed by atoms with E-state index in [-0.39, 0.29) is 5.91 Å². The third-order valence-corrected chi connectivity index (χ3v) is 4.35. The van der Waals surface area contributed by atoms with E-state index in [9.17, 15) is 4.79 Å². The maximum Gasteiger partial charge on any atom is 0.234 e. The maximum absolute atomic E-state index is 12.0. The SMILES string of the molecule is CCc1ccc(NC(=O)CSc2ncc3ccccn23)cc1. The molecule has 2 heterocycles. The number of pyridine rings is 1. The van der Waals surface area contributed by atoms with Crippen LogP contribution < -0.4 is 5.32 Å².